The van der Waals surface area contributed by atoms with Crippen LogP contribution >= 0.6 is 0 Å². The van der Waals surface area contributed by atoms with Gasteiger partial charge in [0.25, 0.3) is 0 Å². The molecule has 1 N–H and O–H groups in total. The van der Waals surface area contributed by atoms with Crippen LogP contribution in [-0.2, 0) is 6.54 Å². The minimum absolute atomic E-state index is 0.241. The SMILES string of the molecule is Fc1ccc(OCCCCNCc2ccco2)cc1. The Labute approximate surface area is 112 Å². The molecule has 1 aromatic heterocycles. The Bertz CT molecular complexity index is 454. The monoisotopic (exact) mass is 263 g/mol. The van der Waals surface area contributed by atoms with E-state index in [4.69, 9.17) is 9.15 Å². The van der Waals surface area contributed by atoms with Gasteiger partial charge in [-0.2, -0.15) is 0 Å². The lowest BCUT2D eigenvalue weighted by Crippen LogP contribution is -2.15. The van der Waals surface area contributed by atoms with Gasteiger partial charge in [0.2, 0.25) is 0 Å². The minimum Gasteiger partial charge on any atom is -0.494 e. The highest BCUT2D eigenvalue weighted by atomic mass is 19.1. The highest BCUT2D eigenvalue weighted by molar-refractivity contribution is 5.21. The second kappa shape index (κ2) is 7.59. The first-order chi connectivity index (χ1) is 9.34. The molecular formula is C15H18FNO2. The summed E-state index contributed by atoms with van der Waals surface area (Å²) < 4.78 is 23.4. The summed E-state index contributed by atoms with van der Waals surface area (Å²) in [4.78, 5) is 0. The number of rotatable bonds is 8. The van der Waals surface area contributed by atoms with Gasteiger partial charge in [0.05, 0.1) is 19.4 Å². The van der Waals surface area contributed by atoms with Crippen LogP contribution in [0.1, 0.15) is 18.6 Å². The molecule has 0 bridgehead atoms. The molecule has 0 amide bonds. The number of halogens is 1. The van der Waals surface area contributed by atoms with Crippen LogP contribution < -0.4 is 10.1 Å². The van der Waals surface area contributed by atoms with Gasteiger partial charge >= 0.3 is 0 Å². The summed E-state index contributed by atoms with van der Waals surface area (Å²) in [5.41, 5.74) is 0. The smallest absolute Gasteiger partial charge is 0.123 e. The Morgan fingerprint density at radius 1 is 1.11 bits per heavy atom. The summed E-state index contributed by atoms with van der Waals surface area (Å²) in [7, 11) is 0. The van der Waals surface area contributed by atoms with E-state index in [0.717, 1.165) is 31.7 Å². The number of hydrogen-bond acceptors (Lipinski definition) is 3. The van der Waals surface area contributed by atoms with Crippen LogP contribution in [0.2, 0.25) is 0 Å². The van der Waals surface area contributed by atoms with Gasteiger partial charge in [-0.05, 0) is 55.8 Å². The molecule has 0 atom stereocenters. The quantitative estimate of drug-likeness (QED) is 0.741. The van der Waals surface area contributed by atoms with Gasteiger partial charge in [-0.3, -0.25) is 0 Å². The van der Waals surface area contributed by atoms with Crippen LogP contribution in [0.4, 0.5) is 4.39 Å². The lowest BCUT2D eigenvalue weighted by Gasteiger charge is -2.06. The molecule has 3 nitrogen and oxygen atoms in total. The molecule has 0 aliphatic rings. The van der Waals surface area contributed by atoms with Gasteiger partial charge < -0.3 is 14.5 Å². The zero-order valence-corrected chi connectivity index (χ0v) is 10.8. The van der Waals surface area contributed by atoms with E-state index in [9.17, 15) is 4.39 Å². The number of hydrogen-bond donors (Lipinski definition) is 1. The molecule has 0 spiro atoms. The second-order valence-corrected chi connectivity index (χ2v) is 4.27. The lowest BCUT2D eigenvalue weighted by molar-refractivity contribution is 0.305. The van der Waals surface area contributed by atoms with Crippen molar-refractivity contribution in [1.82, 2.24) is 5.32 Å². The molecule has 4 heteroatoms. The fourth-order valence-electron chi connectivity index (χ4n) is 1.70. The third kappa shape index (κ3) is 5.14. The Hall–Kier alpha value is -1.81. The number of unbranched alkanes of at least 4 members (excludes halogenated alkanes) is 1. The maximum absolute atomic E-state index is 12.7. The molecule has 0 radical (unpaired) electrons. The minimum atomic E-state index is -0.241. The van der Waals surface area contributed by atoms with Crippen molar-refractivity contribution in [3.8, 4) is 5.75 Å². The summed E-state index contributed by atoms with van der Waals surface area (Å²) in [5, 5.41) is 3.30. The van der Waals surface area contributed by atoms with E-state index < -0.39 is 0 Å². The summed E-state index contributed by atoms with van der Waals surface area (Å²) in [6.07, 6.45) is 3.66. The molecule has 19 heavy (non-hydrogen) atoms. The molecule has 0 aliphatic carbocycles. The number of benzene rings is 1. The van der Waals surface area contributed by atoms with Crippen LogP contribution in [-0.4, -0.2) is 13.2 Å². The van der Waals surface area contributed by atoms with Gasteiger partial charge in [0.1, 0.15) is 17.3 Å². The fraction of sp³-hybridized carbons (Fsp3) is 0.333. The van der Waals surface area contributed by atoms with Crippen LogP contribution in [0.3, 0.4) is 0 Å². The first-order valence-corrected chi connectivity index (χ1v) is 6.46. The highest BCUT2D eigenvalue weighted by Gasteiger charge is 1.96. The second-order valence-electron chi connectivity index (χ2n) is 4.27. The maximum Gasteiger partial charge on any atom is 0.123 e. The predicted octanol–water partition coefficient (Wildman–Crippen LogP) is 3.37. The molecule has 1 heterocycles. The topological polar surface area (TPSA) is 34.4 Å². The highest BCUT2D eigenvalue weighted by Crippen LogP contribution is 2.11. The van der Waals surface area contributed by atoms with Gasteiger partial charge in [-0.15, -0.1) is 0 Å². The van der Waals surface area contributed by atoms with Gasteiger partial charge in [-0.1, -0.05) is 0 Å². The lowest BCUT2D eigenvalue weighted by atomic mass is 10.3. The van der Waals surface area contributed by atoms with E-state index in [1.165, 1.54) is 12.1 Å². The first-order valence-electron chi connectivity index (χ1n) is 6.46. The third-order valence-electron chi connectivity index (χ3n) is 2.71. The largest absolute Gasteiger partial charge is 0.494 e. The van der Waals surface area contributed by atoms with Gasteiger partial charge in [0.15, 0.2) is 0 Å². The standard InChI is InChI=1S/C15H18FNO2/c16-13-5-7-14(8-6-13)18-10-2-1-9-17-12-15-4-3-11-19-15/h3-8,11,17H,1-2,9-10,12H2. The summed E-state index contributed by atoms with van der Waals surface area (Å²) in [6, 6.07) is 9.92. The van der Waals surface area contributed by atoms with E-state index in [1.807, 2.05) is 12.1 Å². The maximum atomic E-state index is 12.7. The van der Waals surface area contributed by atoms with Crippen molar-refractivity contribution in [2.75, 3.05) is 13.2 Å². The Morgan fingerprint density at radius 2 is 1.95 bits per heavy atom. The van der Waals surface area contributed by atoms with E-state index >= 15 is 0 Å². The van der Waals surface area contributed by atoms with Gasteiger partial charge in [0, 0.05) is 0 Å². The van der Waals surface area contributed by atoms with Gasteiger partial charge in [-0.25, -0.2) is 4.39 Å². The molecule has 0 unspecified atom stereocenters. The molecule has 0 fully saturated rings. The molecule has 2 rings (SSSR count). The number of nitrogens with one attached hydrogen (secondary N) is 1. The van der Waals surface area contributed by atoms with E-state index in [2.05, 4.69) is 5.32 Å². The molecule has 0 aliphatic heterocycles. The molecule has 1 aromatic carbocycles. The van der Waals surface area contributed by atoms with Crippen molar-refractivity contribution in [3.63, 3.8) is 0 Å². The summed E-state index contributed by atoms with van der Waals surface area (Å²) in [5.74, 6) is 1.42. The van der Waals surface area contributed by atoms with E-state index in [-0.39, 0.29) is 5.82 Å². The first kappa shape index (κ1) is 13.6. The summed E-state index contributed by atoms with van der Waals surface area (Å²) in [6.45, 7) is 2.33. The normalized spacial score (nSPS) is 10.6. The van der Waals surface area contributed by atoms with Crippen molar-refractivity contribution in [3.05, 3.63) is 54.2 Å². The van der Waals surface area contributed by atoms with Crippen LogP contribution in [0, 0.1) is 5.82 Å². The molecule has 0 saturated carbocycles. The third-order valence-corrected chi connectivity index (χ3v) is 2.71. The van der Waals surface area contributed by atoms with Crippen molar-refractivity contribution >= 4 is 0 Å². The van der Waals surface area contributed by atoms with Crippen molar-refractivity contribution in [2.24, 2.45) is 0 Å². The summed E-state index contributed by atoms with van der Waals surface area (Å²) >= 11 is 0. The van der Waals surface area contributed by atoms with Crippen LogP contribution in [0.25, 0.3) is 0 Å². The zero-order chi connectivity index (χ0) is 13.3. The van der Waals surface area contributed by atoms with Crippen LogP contribution in [0.15, 0.2) is 47.1 Å². The van der Waals surface area contributed by atoms with Crippen molar-refractivity contribution in [1.29, 1.82) is 0 Å². The van der Waals surface area contributed by atoms with Crippen molar-refractivity contribution in [2.45, 2.75) is 19.4 Å². The van der Waals surface area contributed by atoms with Crippen molar-refractivity contribution < 1.29 is 13.5 Å². The van der Waals surface area contributed by atoms with E-state index in [1.54, 1.807) is 18.4 Å². The Balaban J connectivity index is 1.49. The average Bonchev–Trinajstić information content (AvgIpc) is 2.93. The molecule has 102 valence electrons. The zero-order valence-electron chi connectivity index (χ0n) is 10.8. The molecule has 0 saturated heterocycles. The van der Waals surface area contributed by atoms with E-state index in [0.29, 0.717) is 12.4 Å². The fourth-order valence-corrected chi connectivity index (χ4v) is 1.70. The molecular weight excluding hydrogens is 245 g/mol. The average molecular weight is 263 g/mol. The number of furan rings is 1. The van der Waals surface area contributed by atoms with Crippen LogP contribution in [0.5, 0.6) is 5.75 Å². The Kier molecular flexibility index (Phi) is 5.44. The Morgan fingerprint density at radius 3 is 2.68 bits per heavy atom. The predicted molar refractivity (Wildman–Crippen MR) is 71.5 cm³/mol. The molecule has 2 aromatic rings. The number of ether oxygens (including phenoxy) is 1.